The third kappa shape index (κ3) is 4.31. The molecule has 3 rings (SSSR count). The molecule has 0 radical (unpaired) electrons. The topological polar surface area (TPSA) is 65.5 Å². The maximum atomic E-state index is 12.9. The van der Waals surface area contributed by atoms with Gasteiger partial charge in [0.2, 0.25) is 5.91 Å². The van der Waals surface area contributed by atoms with E-state index in [1.54, 1.807) is 22.3 Å². The number of amides is 1. The van der Waals surface area contributed by atoms with Gasteiger partial charge in [-0.3, -0.25) is 4.79 Å². The first-order valence-electron chi connectivity index (χ1n) is 11.5. The monoisotopic (exact) mass is 433 g/mol. The number of aliphatic hydroxyl groups excluding tert-OH is 1. The summed E-state index contributed by atoms with van der Waals surface area (Å²) in [5.74, 6) is 0.234. The number of likely N-dealkylation sites (N-methyl/N-ethyl adjacent to an activating group) is 1. The Morgan fingerprint density at radius 1 is 1.53 bits per heavy atom. The highest BCUT2D eigenvalue weighted by Crippen LogP contribution is 2.57. The van der Waals surface area contributed by atoms with Crippen LogP contribution in [0.4, 0.5) is 5.13 Å². The lowest BCUT2D eigenvalue weighted by atomic mass is 9.53. The SMILES string of the molecule is C=CCN(C)C(=O)[C@@H](C)[C@H]1CC[C@]2(C)Cc3sc(NCCCC)nc3[C@@H](C)[C@@H]2[C@H]1O. The number of carbonyl (C=O) groups is 1. The minimum atomic E-state index is -0.485. The van der Waals surface area contributed by atoms with Gasteiger partial charge in [-0.15, -0.1) is 17.9 Å². The van der Waals surface area contributed by atoms with E-state index in [4.69, 9.17) is 4.98 Å². The van der Waals surface area contributed by atoms with E-state index in [1.165, 1.54) is 11.3 Å². The summed E-state index contributed by atoms with van der Waals surface area (Å²) >= 11 is 1.79. The second-order valence-corrected chi connectivity index (χ2v) is 10.8. The summed E-state index contributed by atoms with van der Waals surface area (Å²) in [6.07, 6.45) is 6.49. The Kier molecular flexibility index (Phi) is 7.28. The van der Waals surface area contributed by atoms with E-state index in [1.807, 2.05) is 14.0 Å². The van der Waals surface area contributed by atoms with Crippen molar-refractivity contribution in [2.24, 2.45) is 23.2 Å². The third-order valence-electron chi connectivity index (χ3n) is 7.54. The largest absolute Gasteiger partial charge is 0.392 e. The number of carbonyl (C=O) groups excluding carboxylic acids is 1. The number of unbranched alkanes of at least 4 members (excludes halogenated alkanes) is 1. The fraction of sp³-hybridized carbons (Fsp3) is 0.750. The first-order chi connectivity index (χ1) is 14.2. The molecule has 2 aliphatic carbocycles. The zero-order valence-corrected chi connectivity index (χ0v) is 20.1. The summed E-state index contributed by atoms with van der Waals surface area (Å²) in [4.78, 5) is 20.9. The van der Waals surface area contributed by atoms with Crippen molar-refractivity contribution in [2.75, 3.05) is 25.5 Å². The van der Waals surface area contributed by atoms with E-state index >= 15 is 0 Å². The smallest absolute Gasteiger partial charge is 0.225 e. The summed E-state index contributed by atoms with van der Waals surface area (Å²) in [5.41, 5.74) is 1.22. The highest BCUT2D eigenvalue weighted by molar-refractivity contribution is 7.15. The van der Waals surface area contributed by atoms with Crippen LogP contribution in [0.3, 0.4) is 0 Å². The summed E-state index contributed by atoms with van der Waals surface area (Å²) < 4.78 is 0. The molecule has 0 aliphatic heterocycles. The second-order valence-electron chi connectivity index (χ2n) is 9.74. The second kappa shape index (κ2) is 9.39. The molecule has 1 heterocycles. The number of nitrogens with zero attached hydrogens (tertiary/aromatic N) is 2. The van der Waals surface area contributed by atoms with E-state index in [0.717, 1.165) is 43.1 Å². The highest BCUT2D eigenvalue weighted by atomic mass is 32.1. The van der Waals surface area contributed by atoms with E-state index < -0.39 is 6.10 Å². The first kappa shape index (κ1) is 23.3. The number of aliphatic hydroxyl groups is 1. The molecule has 0 aromatic carbocycles. The molecular formula is C24H39N3O2S. The molecular weight excluding hydrogens is 394 g/mol. The first-order valence-corrected chi connectivity index (χ1v) is 12.3. The van der Waals surface area contributed by atoms with Crippen molar-refractivity contribution >= 4 is 22.4 Å². The minimum absolute atomic E-state index is 0.00683. The van der Waals surface area contributed by atoms with Gasteiger partial charge < -0.3 is 15.3 Å². The number of aromatic nitrogens is 1. The van der Waals surface area contributed by atoms with E-state index in [0.29, 0.717) is 6.54 Å². The zero-order chi connectivity index (χ0) is 22.1. The van der Waals surface area contributed by atoms with Crippen LogP contribution in [-0.2, 0) is 11.2 Å². The van der Waals surface area contributed by atoms with Crippen molar-refractivity contribution in [3.63, 3.8) is 0 Å². The Balaban J connectivity index is 1.80. The summed E-state index contributed by atoms with van der Waals surface area (Å²) in [5, 5.41) is 16.0. The number of rotatable bonds is 8. The Labute approximate surface area is 186 Å². The van der Waals surface area contributed by atoms with Gasteiger partial charge in [0.05, 0.1) is 11.8 Å². The van der Waals surface area contributed by atoms with Crippen LogP contribution >= 0.6 is 11.3 Å². The summed E-state index contributed by atoms with van der Waals surface area (Å²) in [6.45, 7) is 14.0. The van der Waals surface area contributed by atoms with Crippen molar-refractivity contribution in [2.45, 2.75) is 71.8 Å². The molecule has 6 heteroatoms. The molecule has 0 spiro atoms. The third-order valence-corrected chi connectivity index (χ3v) is 8.57. The van der Waals surface area contributed by atoms with Gasteiger partial charge in [0.25, 0.3) is 0 Å². The molecule has 6 atom stereocenters. The molecule has 0 bridgehead atoms. The van der Waals surface area contributed by atoms with Crippen molar-refractivity contribution < 1.29 is 9.90 Å². The predicted molar refractivity (Wildman–Crippen MR) is 125 cm³/mol. The summed E-state index contributed by atoms with van der Waals surface area (Å²) in [7, 11) is 1.82. The predicted octanol–water partition coefficient (Wildman–Crippen LogP) is 4.69. The lowest BCUT2D eigenvalue weighted by Gasteiger charge is -2.53. The number of hydrogen-bond acceptors (Lipinski definition) is 5. The molecule has 1 saturated carbocycles. The van der Waals surface area contributed by atoms with Gasteiger partial charge in [-0.05, 0) is 42.9 Å². The normalized spacial score (nSPS) is 31.4. The van der Waals surface area contributed by atoms with Gasteiger partial charge in [-0.1, -0.05) is 40.2 Å². The molecule has 2 N–H and O–H groups in total. The van der Waals surface area contributed by atoms with Crippen molar-refractivity contribution in [1.82, 2.24) is 9.88 Å². The molecule has 2 aliphatic rings. The van der Waals surface area contributed by atoms with E-state index in [2.05, 4.69) is 32.7 Å². The highest BCUT2D eigenvalue weighted by Gasteiger charge is 2.54. The number of anilines is 1. The lowest BCUT2D eigenvalue weighted by molar-refractivity contribution is -0.143. The number of nitrogens with one attached hydrogen (secondary N) is 1. The molecule has 168 valence electrons. The van der Waals surface area contributed by atoms with Crippen LogP contribution in [0.5, 0.6) is 0 Å². The average molecular weight is 434 g/mol. The van der Waals surface area contributed by atoms with Crippen LogP contribution in [0.15, 0.2) is 12.7 Å². The minimum Gasteiger partial charge on any atom is -0.392 e. The maximum absolute atomic E-state index is 12.9. The molecule has 5 nitrogen and oxygen atoms in total. The molecule has 0 saturated heterocycles. The van der Waals surface area contributed by atoms with E-state index in [-0.39, 0.29) is 35.0 Å². The Bertz CT molecular complexity index is 764. The zero-order valence-electron chi connectivity index (χ0n) is 19.3. The Hall–Kier alpha value is -1.40. The molecule has 30 heavy (non-hydrogen) atoms. The van der Waals surface area contributed by atoms with Crippen LogP contribution in [-0.4, -0.2) is 47.1 Å². The maximum Gasteiger partial charge on any atom is 0.225 e. The number of hydrogen-bond donors (Lipinski definition) is 2. The van der Waals surface area contributed by atoms with Gasteiger partial charge in [-0.25, -0.2) is 4.98 Å². The van der Waals surface area contributed by atoms with Crippen LogP contribution in [0.1, 0.15) is 69.9 Å². The van der Waals surface area contributed by atoms with Crippen LogP contribution < -0.4 is 5.32 Å². The van der Waals surface area contributed by atoms with Gasteiger partial charge in [-0.2, -0.15) is 0 Å². The average Bonchev–Trinajstić information content (AvgIpc) is 3.09. The number of thiazole rings is 1. The molecule has 1 amide bonds. The molecule has 1 fully saturated rings. The van der Waals surface area contributed by atoms with Crippen LogP contribution in [0.2, 0.25) is 0 Å². The Morgan fingerprint density at radius 2 is 2.27 bits per heavy atom. The lowest BCUT2D eigenvalue weighted by Crippen LogP contribution is -2.53. The van der Waals surface area contributed by atoms with Crippen molar-refractivity contribution in [1.29, 1.82) is 0 Å². The van der Waals surface area contributed by atoms with E-state index in [9.17, 15) is 9.90 Å². The fourth-order valence-electron chi connectivity index (χ4n) is 5.81. The van der Waals surface area contributed by atoms with Crippen molar-refractivity contribution in [3.05, 3.63) is 23.2 Å². The fourth-order valence-corrected chi connectivity index (χ4v) is 7.10. The van der Waals surface area contributed by atoms with Crippen molar-refractivity contribution in [3.8, 4) is 0 Å². The molecule has 1 aromatic heterocycles. The van der Waals surface area contributed by atoms with Gasteiger partial charge in [0, 0.05) is 36.9 Å². The number of fused-ring (bicyclic) bond motifs is 2. The summed E-state index contributed by atoms with van der Waals surface area (Å²) in [6, 6.07) is 0. The molecule has 1 aromatic rings. The quantitative estimate of drug-likeness (QED) is 0.461. The van der Waals surface area contributed by atoms with Gasteiger partial charge >= 0.3 is 0 Å². The van der Waals surface area contributed by atoms with Gasteiger partial charge in [0.15, 0.2) is 5.13 Å². The standard InChI is InChI=1S/C24H39N3O2S/c1-7-9-12-25-23-26-20-16(4)19-21(28)17(15(3)22(29)27(6)13-8-2)10-11-24(19,5)14-18(20)30-23/h8,15-17,19,21,28H,2,7,9-14H2,1,3-6H3,(H,25,26)/t15-,16-,17+,19+,21-,24+/m0/s1. The van der Waals surface area contributed by atoms with Gasteiger partial charge in [0.1, 0.15) is 0 Å². The van der Waals surface area contributed by atoms with Crippen LogP contribution in [0.25, 0.3) is 0 Å². The van der Waals surface area contributed by atoms with Crippen LogP contribution in [0, 0.1) is 23.2 Å². The Morgan fingerprint density at radius 3 is 2.93 bits per heavy atom. The molecule has 0 unspecified atom stereocenters.